The van der Waals surface area contributed by atoms with E-state index in [1.54, 1.807) is 0 Å². The summed E-state index contributed by atoms with van der Waals surface area (Å²) in [4.78, 5) is 0. The molecule has 0 saturated heterocycles. The van der Waals surface area contributed by atoms with E-state index in [0.717, 1.165) is 12.0 Å². The molecule has 2 heteroatoms. The normalized spacial score (nSPS) is 30.7. The molecule has 0 spiro atoms. The summed E-state index contributed by atoms with van der Waals surface area (Å²) in [6, 6.07) is 0. The fourth-order valence-electron chi connectivity index (χ4n) is 1.58. The first kappa shape index (κ1) is 8.18. The number of hydrogen-bond donors (Lipinski definition) is 2. The molecule has 1 aliphatic carbocycles. The first-order chi connectivity index (χ1) is 5.20. The monoisotopic (exact) mass is 150 g/mol. The molecular weight excluding hydrogens is 136 g/mol. The lowest BCUT2D eigenvalue weighted by atomic mass is 9.95. The van der Waals surface area contributed by atoms with Crippen LogP contribution in [0.5, 0.6) is 0 Å². The van der Waals surface area contributed by atoms with E-state index < -0.39 is 0 Å². The van der Waals surface area contributed by atoms with E-state index in [1.807, 2.05) is 0 Å². The molecule has 0 amide bonds. The van der Waals surface area contributed by atoms with Gasteiger partial charge >= 0.3 is 0 Å². The van der Waals surface area contributed by atoms with Gasteiger partial charge in [0.25, 0.3) is 0 Å². The molecule has 2 N–H and O–H groups in total. The lowest BCUT2D eigenvalue weighted by molar-refractivity contribution is 0.572. The Kier molecular flexibility index (Phi) is 2.22. The van der Waals surface area contributed by atoms with Crippen LogP contribution in [0.4, 0.5) is 0 Å². The third kappa shape index (κ3) is 1.25. The van der Waals surface area contributed by atoms with Crippen molar-refractivity contribution in [2.24, 2.45) is 11.8 Å². The fourth-order valence-corrected chi connectivity index (χ4v) is 1.58. The lowest BCUT2D eigenvalue weighted by Crippen LogP contribution is -2.06. The van der Waals surface area contributed by atoms with Crippen molar-refractivity contribution in [3.05, 3.63) is 11.1 Å². The SMILES string of the molecule is CC1=C(C=N)CC(C=N)C1C. The maximum atomic E-state index is 7.16. The highest BCUT2D eigenvalue weighted by Crippen LogP contribution is 2.34. The largest absolute Gasteiger partial charge is 0.313 e. The smallest absolute Gasteiger partial charge is 0.0209 e. The molecule has 1 aliphatic rings. The van der Waals surface area contributed by atoms with Crippen molar-refractivity contribution in [3.63, 3.8) is 0 Å². The molecule has 2 nitrogen and oxygen atoms in total. The molecule has 2 atom stereocenters. The van der Waals surface area contributed by atoms with Crippen LogP contribution in [-0.2, 0) is 0 Å². The molecule has 0 aromatic carbocycles. The van der Waals surface area contributed by atoms with E-state index in [2.05, 4.69) is 13.8 Å². The number of allylic oxidation sites excluding steroid dienone is 2. The second-order valence-corrected chi connectivity index (χ2v) is 3.18. The molecular formula is C9H14N2. The summed E-state index contributed by atoms with van der Waals surface area (Å²) in [5.74, 6) is 0.802. The molecule has 60 valence electrons. The zero-order valence-electron chi connectivity index (χ0n) is 7.02. The van der Waals surface area contributed by atoms with Crippen molar-refractivity contribution >= 4 is 12.4 Å². The van der Waals surface area contributed by atoms with Crippen molar-refractivity contribution in [2.45, 2.75) is 20.3 Å². The molecule has 0 aliphatic heterocycles. The third-order valence-electron chi connectivity index (χ3n) is 2.68. The highest BCUT2D eigenvalue weighted by atomic mass is 14.4. The summed E-state index contributed by atoms with van der Waals surface area (Å²) >= 11 is 0. The average molecular weight is 150 g/mol. The van der Waals surface area contributed by atoms with Crippen molar-refractivity contribution < 1.29 is 0 Å². The molecule has 2 unspecified atom stereocenters. The minimum Gasteiger partial charge on any atom is -0.313 e. The van der Waals surface area contributed by atoms with Gasteiger partial charge in [0.15, 0.2) is 0 Å². The molecule has 0 heterocycles. The molecule has 0 fully saturated rings. The van der Waals surface area contributed by atoms with Crippen LogP contribution in [0.25, 0.3) is 0 Å². The first-order valence-corrected chi connectivity index (χ1v) is 3.91. The third-order valence-corrected chi connectivity index (χ3v) is 2.68. The number of nitrogens with one attached hydrogen (secondary N) is 2. The van der Waals surface area contributed by atoms with Gasteiger partial charge in [-0.1, -0.05) is 12.5 Å². The second-order valence-electron chi connectivity index (χ2n) is 3.18. The van der Waals surface area contributed by atoms with Crippen LogP contribution in [0.15, 0.2) is 11.1 Å². The van der Waals surface area contributed by atoms with Crippen LogP contribution in [0, 0.1) is 22.7 Å². The Balaban J connectivity index is 2.84. The van der Waals surface area contributed by atoms with Gasteiger partial charge in [0.2, 0.25) is 0 Å². The number of rotatable bonds is 2. The van der Waals surface area contributed by atoms with E-state index in [0.29, 0.717) is 11.8 Å². The van der Waals surface area contributed by atoms with Crippen molar-refractivity contribution in [1.82, 2.24) is 0 Å². The van der Waals surface area contributed by atoms with E-state index in [4.69, 9.17) is 10.8 Å². The van der Waals surface area contributed by atoms with Crippen molar-refractivity contribution in [3.8, 4) is 0 Å². The first-order valence-electron chi connectivity index (χ1n) is 3.91. The van der Waals surface area contributed by atoms with Crippen LogP contribution in [0.1, 0.15) is 20.3 Å². The predicted molar refractivity (Wildman–Crippen MR) is 47.5 cm³/mol. The van der Waals surface area contributed by atoms with Crippen LogP contribution < -0.4 is 0 Å². The summed E-state index contributed by atoms with van der Waals surface area (Å²) < 4.78 is 0. The maximum Gasteiger partial charge on any atom is 0.0209 e. The van der Waals surface area contributed by atoms with Gasteiger partial charge in [-0.05, 0) is 31.1 Å². The van der Waals surface area contributed by atoms with Gasteiger partial charge in [-0.3, -0.25) is 0 Å². The van der Waals surface area contributed by atoms with Gasteiger partial charge in [-0.2, -0.15) is 0 Å². The fraction of sp³-hybridized carbons (Fsp3) is 0.556. The summed E-state index contributed by atoms with van der Waals surface area (Å²) in [6.07, 6.45) is 3.82. The number of hydrogen-bond acceptors (Lipinski definition) is 2. The van der Waals surface area contributed by atoms with Gasteiger partial charge in [0.1, 0.15) is 0 Å². The minimum atomic E-state index is 0.339. The Labute approximate surface area is 67.3 Å². The van der Waals surface area contributed by atoms with Crippen LogP contribution in [0.3, 0.4) is 0 Å². The molecule has 0 radical (unpaired) electrons. The van der Waals surface area contributed by atoms with E-state index in [1.165, 1.54) is 18.0 Å². The Morgan fingerprint density at radius 2 is 2.09 bits per heavy atom. The molecule has 0 aromatic heterocycles. The van der Waals surface area contributed by atoms with Gasteiger partial charge in [-0.15, -0.1) is 0 Å². The van der Waals surface area contributed by atoms with Gasteiger partial charge in [0, 0.05) is 12.1 Å². The quantitative estimate of drug-likeness (QED) is 0.567. The Morgan fingerprint density at radius 3 is 2.36 bits per heavy atom. The van der Waals surface area contributed by atoms with Crippen molar-refractivity contribution in [2.75, 3.05) is 0 Å². The van der Waals surface area contributed by atoms with Gasteiger partial charge < -0.3 is 10.8 Å². The summed E-state index contributed by atoms with van der Waals surface area (Å²) in [6.45, 7) is 4.19. The summed E-state index contributed by atoms with van der Waals surface area (Å²) in [5, 5.41) is 14.3. The molecule has 0 aromatic rings. The highest BCUT2D eigenvalue weighted by molar-refractivity contribution is 5.80. The topological polar surface area (TPSA) is 47.7 Å². The Morgan fingerprint density at radius 1 is 1.45 bits per heavy atom. The second kappa shape index (κ2) is 2.99. The maximum absolute atomic E-state index is 7.16. The van der Waals surface area contributed by atoms with Crippen molar-refractivity contribution in [1.29, 1.82) is 10.8 Å². The van der Waals surface area contributed by atoms with Gasteiger partial charge in [0.05, 0.1) is 0 Å². The summed E-state index contributed by atoms with van der Waals surface area (Å²) in [7, 11) is 0. The Hall–Kier alpha value is -0.920. The van der Waals surface area contributed by atoms with Crippen LogP contribution >= 0.6 is 0 Å². The Bertz CT molecular complexity index is 216. The highest BCUT2D eigenvalue weighted by Gasteiger charge is 2.26. The summed E-state index contributed by atoms with van der Waals surface area (Å²) in [5.41, 5.74) is 2.40. The van der Waals surface area contributed by atoms with E-state index in [9.17, 15) is 0 Å². The molecule has 1 rings (SSSR count). The lowest BCUT2D eigenvalue weighted by Gasteiger charge is -2.09. The molecule has 0 bridgehead atoms. The average Bonchev–Trinajstić information content (AvgIpc) is 2.30. The molecule has 0 saturated carbocycles. The zero-order valence-corrected chi connectivity index (χ0v) is 7.02. The van der Waals surface area contributed by atoms with Crippen LogP contribution in [-0.4, -0.2) is 12.4 Å². The standard InChI is InChI=1S/C9H14N2/c1-6-7(2)9(5-11)3-8(6)4-10/h4-6,8,10-11H,3H2,1-2H3. The zero-order chi connectivity index (χ0) is 8.43. The van der Waals surface area contributed by atoms with Gasteiger partial charge in [-0.25, -0.2) is 0 Å². The van der Waals surface area contributed by atoms with E-state index in [-0.39, 0.29) is 0 Å². The predicted octanol–water partition coefficient (Wildman–Crippen LogP) is 2.26. The van der Waals surface area contributed by atoms with E-state index >= 15 is 0 Å². The minimum absolute atomic E-state index is 0.339. The van der Waals surface area contributed by atoms with Crippen LogP contribution in [0.2, 0.25) is 0 Å². The molecule has 11 heavy (non-hydrogen) atoms.